The summed E-state index contributed by atoms with van der Waals surface area (Å²) < 4.78 is 170. The minimum absolute atomic E-state index is 1.15. The number of alkyl halides is 9. The van der Waals surface area contributed by atoms with Gasteiger partial charge in [0.25, 0.3) is 0 Å². The van der Waals surface area contributed by atoms with Crippen molar-refractivity contribution in [2.24, 2.45) is 0 Å². The van der Waals surface area contributed by atoms with Crippen molar-refractivity contribution >= 4 is 29.5 Å². The fourth-order valence-electron chi connectivity index (χ4n) is 1.64. The van der Waals surface area contributed by atoms with Crippen molar-refractivity contribution in [2.45, 2.75) is 42.8 Å². The van der Waals surface area contributed by atoms with E-state index in [2.05, 4.69) is 36.0 Å². The summed E-state index contributed by atoms with van der Waals surface area (Å²) in [5, 5.41) is 0. The molecule has 1 aromatic rings. The summed E-state index contributed by atoms with van der Waals surface area (Å²) in [6.45, 7) is 3.36. The number of hydrogen-bond acceptors (Lipinski definition) is 6. The number of unbranched alkanes of at least 4 members (excludes halogenated alkanes) is 1. The molecule has 0 atom stereocenters. The molecular formula is C13H14F9NO6S3. The Morgan fingerprint density at radius 2 is 0.969 bits per heavy atom. The van der Waals surface area contributed by atoms with Crippen LogP contribution in [-0.2, 0) is 36.1 Å². The minimum Gasteiger partial charge on any atom is -0.251 e. The molecule has 32 heavy (non-hydrogen) atoms. The Hall–Kier alpha value is -1.63. The minimum atomic E-state index is -8.02. The molecule has 0 unspecified atom stereocenters. The number of nitrogens with zero attached hydrogens (tertiary/aromatic N) is 1. The third-order valence-corrected chi connectivity index (χ3v) is 10.2. The molecule has 7 nitrogen and oxygen atoms in total. The van der Waals surface area contributed by atoms with Crippen molar-refractivity contribution in [3.8, 4) is 0 Å². The van der Waals surface area contributed by atoms with Crippen LogP contribution in [0.4, 0.5) is 39.5 Å². The molecule has 0 N–H and O–H groups in total. The van der Waals surface area contributed by atoms with Gasteiger partial charge < -0.3 is 0 Å². The van der Waals surface area contributed by atoms with Gasteiger partial charge in [0, 0.05) is 18.6 Å². The first-order valence-corrected chi connectivity index (χ1v) is 12.2. The molecule has 0 saturated carbocycles. The molecule has 0 saturated heterocycles. The maximum atomic E-state index is 12.0. The second-order valence-electron chi connectivity index (χ2n) is 5.56. The SMILES string of the molecule is CCCC[n+]1ccccc1.O=S(=O)([C-](S(=O)(=O)C(F)(F)F)S(=O)(=O)C(F)(F)F)C(F)(F)F. The van der Waals surface area contributed by atoms with E-state index in [-0.39, 0.29) is 0 Å². The summed E-state index contributed by atoms with van der Waals surface area (Å²) in [7, 11) is -24.1. The van der Waals surface area contributed by atoms with Crippen LogP contribution in [0.3, 0.4) is 0 Å². The van der Waals surface area contributed by atoms with E-state index in [4.69, 9.17) is 0 Å². The number of aryl methyl sites for hydroxylation is 1. The normalized spacial score (nSPS) is 14.1. The van der Waals surface area contributed by atoms with Gasteiger partial charge in [-0.2, -0.15) is 39.5 Å². The molecule has 1 heterocycles. The number of aromatic nitrogens is 1. The standard InChI is InChI=1S/C9H14N.C4F9O6S3/c1-2-3-7-10-8-5-4-6-9-10;5-2(6,7)20(14,15)1(21(16,17)3(8,9)10)22(18,19)4(11,12)13/h4-6,8-9H,2-3,7H2,1H3;/q+1;-1. The van der Waals surface area contributed by atoms with Crippen LogP contribution in [0.25, 0.3) is 0 Å². The molecule has 1 rings (SSSR count). The summed E-state index contributed by atoms with van der Waals surface area (Å²) >= 11 is 0. The summed E-state index contributed by atoms with van der Waals surface area (Å²) in [5.41, 5.74) is -21.2. The molecule has 0 spiro atoms. The Labute approximate surface area is 176 Å². The van der Waals surface area contributed by atoms with Crippen molar-refractivity contribution in [2.75, 3.05) is 0 Å². The quantitative estimate of drug-likeness (QED) is 0.308. The van der Waals surface area contributed by atoms with Gasteiger partial charge in [0.05, 0.1) is 3.91 Å². The Morgan fingerprint density at radius 3 is 1.22 bits per heavy atom. The van der Waals surface area contributed by atoms with Crippen LogP contribution in [0.5, 0.6) is 0 Å². The third-order valence-electron chi connectivity index (χ3n) is 3.12. The smallest absolute Gasteiger partial charge is 0.251 e. The predicted molar refractivity (Wildman–Crippen MR) is 89.7 cm³/mol. The van der Waals surface area contributed by atoms with Crippen LogP contribution < -0.4 is 4.57 Å². The lowest BCUT2D eigenvalue weighted by atomic mass is 10.3. The zero-order chi connectivity index (χ0) is 25.8. The van der Waals surface area contributed by atoms with E-state index < -0.39 is 50.0 Å². The highest BCUT2D eigenvalue weighted by atomic mass is 32.3. The van der Waals surface area contributed by atoms with Gasteiger partial charge >= 0.3 is 16.5 Å². The molecule has 0 radical (unpaired) electrons. The van der Waals surface area contributed by atoms with Crippen molar-refractivity contribution in [3.63, 3.8) is 0 Å². The first-order chi connectivity index (χ1) is 14.0. The fourth-order valence-corrected chi connectivity index (χ4v) is 7.37. The molecule has 1 aromatic heterocycles. The Kier molecular flexibility index (Phi) is 9.59. The molecule has 0 aromatic carbocycles. The zero-order valence-electron chi connectivity index (χ0n) is 15.5. The van der Waals surface area contributed by atoms with E-state index in [9.17, 15) is 64.8 Å². The zero-order valence-corrected chi connectivity index (χ0v) is 18.0. The lowest BCUT2D eigenvalue weighted by Gasteiger charge is -2.31. The topological polar surface area (TPSA) is 106 Å². The first-order valence-electron chi connectivity index (χ1n) is 7.80. The number of halogens is 9. The Balaban J connectivity index is 0.000000792. The second kappa shape index (κ2) is 10.1. The Bertz CT molecular complexity index is 956. The number of pyridine rings is 1. The number of hydrogen-bond donors (Lipinski definition) is 0. The van der Waals surface area contributed by atoms with Crippen LogP contribution in [0.2, 0.25) is 0 Å². The van der Waals surface area contributed by atoms with Crippen molar-refractivity contribution < 1.29 is 69.3 Å². The highest BCUT2D eigenvalue weighted by molar-refractivity contribution is 8.29. The maximum Gasteiger partial charge on any atom is 0.470 e. The Morgan fingerprint density at radius 1 is 0.656 bits per heavy atom. The largest absolute Gasteiger partial charge is 0.470 e. The van der Waals surface area contributed by atoms with Crippen LogP contribution in [0.1, 0.15) is 19.8 Å². The molecule has 0 aliphatic carbocycles. The maximum absolute atomic E-state index is 12.0. The van der Waals surface area contributed by atoms with Gasteiger partial charge in [-0.25, -0.2) is 4.57 Å². The van der Waals surface area contributed by atoms with Crippen LogP contribution >= 0.6 is 0 Å². The third kappa shape index (κ3) is 6.93. The van der Waals surface area contributed by atoms with Gasteiger partial charge in [-0.3, -0.25) is 25.3 Å². The molecule has 0 bridgehead atoms. The number of rotatable bonds is 6. The lowest BCUT2D eigenvalue weighted by Crippen LogP contribution is -2.47. The average molecular weight is 547 g/mol. The van der Waals surface area contributed by atoms with E-state index in [0.29, 0.717) is 0 Å². The van der Waals surface area contributed by atoms with Crippen molar-refractivity contribution in [3.05, 3.63) is 34.5 Å². The van der Waals surface area contributed by atoms with E-state index in [1.54, 1.807) is 0 Å². The highest BCUT2D eigenvalue weighted by Gasteiger charge is 2.63. The molecule has 0 aliphatic heterocycles. The van der Waals surface area contributed by atoms with Gasteiger partial charge in [-0.1, -0.05) is 19.4 Å². The highest BCUT2D eigenvalue weighted by Crippen LogP contribution is 2.47. The van der Waals surface area contributed by atoms with Crippen molar-refractivity contribution in [1.82, 2.24) is 0 Å². The van der Waals surface area contributed by atoms with E-state index in [0.717, 1.165) is 6.54 Å². The van der Waals surface area contributed by atoms with Crippen LogP contribution in [-0.4, -0.2) is 41.8 Å². The summed E-state index contributed by atoms with van der Waals surface area (Å²) in [6.07, 6.45) is 6.75. The van der Waals surface area contributed by atoms with Crippen molar-refractivity contribution in [1.29, 1.82) is 0 Å². The summed E-state index contributed by atoms with van der Waals surface area (Å²) in [5.74, 6) is 0. The van der Waals surface area contributed by atoms with Crippen LogP contribution in [0, 0.1) is 3.91 Å². The first kappa shape index (κ1) is 30.4. The van der Waals surface area contributed by atoms with E-state index in [1.807, 2.05) is 6.07 Å². The summed E-state index contributed by atoms with van der Waals surface area (Å²) in [6, 6.07) is 6.17. The monoisotopic (exact) mass is 547 g/mol. The lowest BCUT2D eigenvalue weighted by molar-refractivity contribution is -0.697. The van der Waals surface area contributed by atoms with Gasteiger partial charge in [0.1, 0.15) is 6.54 Å². The van der Waals surface area contributed by atoms with Crippen LogP contribution in [0.15, 0.2) is 30.6 Å². The molecule has 0 fully saturated rings. The van der Waals surface area contributed by atoms with Gasteiger partial charge in [-0.15, -0.1) is 0 Å². The van der Waals surface area contributed by atoms with E-state index >= 15 is 0 Å². The molecule has 0 aliphatic rings. The van der Waals surface area contributed by atoms with E-state index in [1.165, 1.54) is 12.8 Å². The molecule has 188 valence electrons. The van der Waals surface area contributed by atoms with Gasteiger partial charge in [0.2, 0.25) is 0 Å². The molecule has 19 heteroatoms. The number of sulfone groups is 3. The second-order valence-corrected chi connectivity index (χ2v) is 12.0. The summed E-state index contributed by atoms with van der Waals surface area (Å²) in [4.78, 5) is 0. The average Bonchev–Trinajstić information content (AvgIpc) is 2.57. The molecular weight excluding hydrogens is 533 g/mol. The predicted octanol–water partition coefficient (Wildman–Crippen LogP) is 3.01. The van der Waals surface area contributed by atoms with Gasteiger partial charge in [-0.05, 0) is 0 Å². The molecule has 0 amide bonds. The van der Waals surface area contributed by atoms with Gasteiger partial charge in [0.15, 0.2) is 41.9 Å². The fraction of sp³-hybridized carbons (Fsp3) is 0.538.